The molecular formula is C42H44N8O12. The summed E-state index contributed by atoms with van der Waals surface area (Å²) in [6, 6.07) is 7.92. The number of carboxylic acid groups (broad SMARTS) is 1. The van der Waals surface area contributed by atoms with Gasteiger partial charge in [0, 0.05) is 47.3 Å². The molecule has 8 rings (SSSR count). The molecule has 4 aromatic rings. The molecule has 0 spiro atoms. The van der Waals surface area contributed by atoms with Crippen LogP contribution in [0.1, 0.15) is 85.6 Å². The number of hydrogen-bond donors (Lipinski definition) is 6. The Bertz CT molecular complexity index is 2500. The number of Topliss-reactive ketones (excluding diaryl/α,β-unsaturated/α-hetero) is 1. The van der Waals surface area contributed by atoms with Gasteiger partial charge in [0.2, 0.25) is 12.5 Å². The van der Waals surface area contributed by atoms with E-state index in [1.54, 1.807) is 24.3 Å². The molecule has 20 heteroatoms. The second kappa shape index (κ2) is 17.1. The van der Waals surface area contributed by atoms with E-state index < -0.39 is 42.3 Å². The SMILES string of the molecule is COc1ccc2c(c1OC)C(=O)OC2C1c2c(c(CC(=O)CCC(NC(=O)c3ccc(NCc4cnc5c(n4)C(O)N=C(N)N5)cc3)C(=O)O)c3c(c2OC)OCO3)CCN1C. The molecule has 1 aromatic heterocycles. The lowest BCUT2D eigenvalue weighted by Gasteiger charge is -2.39. The Balaban J connectivity index is 0.953. The van der Waals surface area contributed by atoms with Crippen LogP contribution in [0.3, 0.4) is 0 Å². The molecule has 0 bridgehead atoms. The number of rotatable bonds is 15. The third-order valence-corrected chi connectivity index (χ3v) is 11.2. The number of esters is 1. The highest BCUT2D eigenvalue weighted by atomic mass is 16.7. The largest absolute Gasteiger partial charge is 0.493 e. The number of nitrogens with zero attached hydrogens (tertiary/aromatic N) is 4. The minimum atomic E-state index is -1.36. The number of likely N-dealkylation sites (N-methyl/N-ethyl adjacent to an activating group) is 1. The number of aliphatic hydroxyl groups is 1. The second-order valence-corrected chi connectivity index (χ2v) is 14.9. The van der Waals surface area contributed by atoms with Gasteiger partial charge in [0.1, 0.15) is 29.2 Å². The average molecular weight is 853 g/mol. The topological polar surface area (TPSA) is 268 Å². The van der Waals surface area contributed by atoms with E-state index in [1.165, 1.54) is 39.7 Å². The van der Waals surface area contributed by atoms with Gasteiger partial charge < -0.3 is 60.3 Å². The molecule has 62 heavy (non-hydrogen) atoms. The van der Waals surface area contributed by atoms with Crippen molar-refractivity contribution in [2.75, 3.05) is 52.3 Å². The number of amides is 1. The van der Waals surface area contributed by atoms with E-state index in [9.17, 15) is 29.4 Å². The van der Waals surface area contributed by atoms with Gasteiger partial charge in [0.05, 0.1) is 45.8 Å². The van der Waals surface area contributed by atoms with Crippen LogP contribution < -0.4 is 45.4 Å². The molecule has 4 unspecified atom stereocenters. The van der Waals surface area contributed by atoms with Crippen LogP contribution in [0.4, 0.5) is 11.5 Å². The fraction of sp³-hybridized carbons (Fsp3) is 0.357. The number of fused-ring (bicyclic) bond motifs is 4. The number of hydrogen-bond acceptors (Lipinski definition) is 18. The molecule has 3 aromatic carbocycles. The number of ketones is 1. The fourth-order valence-corrected chi connectivity index (χ4v) is 8.28. The number of methoxy groups -OCH3 is 3. The predicted octanol–water partition coefficient (Wildman–Crippen LogP) is 2.79. The summed E-state index contributed by atoms with van der Waals surface area (Å²) in [5.41, 5.74) is 10.1. The lowest BCUT2D eigenvalue weighted by atomic mass is 9.82. The maximum Gasteiger partial charge on any atom is 0.343 e. The molecule has 1 amide bonds. The van der Waals surface area contributed by atoms with E-state index in [0.717, 1.165) is 5.56 Å². The van der Waals surface area contributed by atoms with Crippen LogP contribution in [-0.2, 0) is 33.7 Å². The van der Waals surface area contributed by atoms with Crippen molar-refractivity contribution >= 4 is 41.1 Å². The number of anilines is 2. The highest BCUT2D eigenvalue weighted by Crippen LogP contribution is 2.57. The molecule has 0 saturated carbocycles. The summed E-state index contributed by atoms with van der Waals surface area (Å²) in [5, 5.41) is 28.7. The van der Waals surface area contributed by atoms with Crippen LogP contribution in [-0.4, -0.2) is 102 Å². The maximum atomic E-state index is 13.8. The Morgan fingerprint density at radius 1 is 1.05 bits per heavy atom. The van der Waals surface area contributed by atoms with Crippen molar-refractivity contribution < 1.29 is 57.8 Å². The number of aliphatic hydroxyl groups excluding tert-OH is 1. The number of aliphatic imine (C=N–C) groups is 1. The lowest BCUT2D eigenvalue weighted by Crippen LogP contribution is -2.41. The molecule has 4 aliphatic heterocycles. The third kappa shape index (κ3) is 7.69. The van der Waals surface area contributed by atoms with Crippen molar-refractivity contribution in [1.29, 1.82) is 0 Å². The van der Waals surface area contributed by atoms with Crippen LogP contribution >= 0.6 is 0 Å². The van der Waals surface area contributed by atoms with Crippen molar-refractivity contribution in [2.24, 2.45) is 10.7 Å². The van der Waals surface area contributed by atoms with Crippen molar-refractivity contribution in [3.8, 4) is 28.7 Å². The summed E-state index contributed by atoms with van der Waals surface area (Å²) in [6.07, 6.45) is -0.482. The molecule has 7 N–H and O–H groups in total. The number of carboxylic acids is 1. The predicted molar refractivity (Wildman–Crippen MR) is 219 cm³/mol. The zero-order valence-corrected chi connectivity index (χ0v) is 34.1. The Morgan fingerprint density at radius 3 is 2.53 bits per heavy atom. The normalized spacial score (nSPS) is 18.8. The fourth-order valence-electron chi connectivity index (χ4n) is 8.28. The number of benzene rings is 3. The summed E-state index contributed by atoms with van der Waals surface area (Å²) >= 11 is 0. The van der Waals surface area contributed by atoms with E-state index in [1.807, 2.05) is 7.05 Å². The van der Waals surface area contributed by atoms with Crippen LogP contribution in [0.15, 0.2) is 47.6 Å². The van der Waals surface area contributed by atoms with E-state index >= 15 is 0 Å². The summed E-state index contributed by atoms with van der Waals surface area (Å²) < 4.78 is 34.9. The first-order valence-corrected chi connectivity index (χ1v) is 19.6. The van der Waals surface area contributed by atoms with E-state index in [0.29, 0.717) is 69.9 Å². The maximum absolute atomic E-state index is 13.8. The highest BCUT2D eigenvalue weighted by molar-refractivity contribution is 5.99. The molecule has 20 nitrogen and oxygen atoms in total. The number of carbonyl (C=O) groups excluding carboxylic acids is 3. The third-order valence-electron chi connectivity index (χ3n) is 11.2. The molecule has 0 radical (unpaired) electrons. The monoisotopic (exact) mass is 852 g/mol. The van der Waals surface area contributed by atoms with E-state index in [2.05, 4.69) is 35.8 Å². The van der Waals surface area contributed by atoms with Gasteiger partial charge in [-0.05, 0) is 55.8 Å². The average Bonchev–Trinajstić information content (AvgIpc) is 3.88. The first-order valence-electron chi connectivity index (χ1n) is 19.6. The van der Waals surface area contributed by atoms with Crippen molar-refractivity contribution in [3.05, 3.63) is 87.4 Å². The van der Waals surface area contributed by atoms with Gasteiger partial charge >= 0.3 is 11.9 Å². The summed E-state index contributed by atoms with van der Waals surface area (Å²) in [7, 11) is 6.35. The van der Waals surface area contributed by atoms with Crippen LogP contribution in [0.5, 0.6) is 28.7 Å². The Labute approximate surface area is 354 Å². The molecule has 0 saturated heterocycles. The van der Waals surface area contributed by atoms with Crippen LogP contribution in [0, 0.1) is 0 Å². The quantitative estimate of drug-likeness (QED) is 0.0939. The number of nitrogens with one attached hydrogen (secondary N) is 3. The van der Waals surface area contributed by atoms with Gasteiger partial charge in [-0.2, -0.15) is 0 Å². The Hall–Kier alpha value is -7.19. The van der Waals surface area contributed by atoms with Gasteiger partial charge in [-0.15, -0.1) is 0 Å². The summed E-state index contributed by atoms with van der Waals surface area (Å²) in [4.78, 5) is 67.3. The van der Waals surface area contributed by atoms with Gasteiger partial charge in [-0.25, -0.2) is 24.5 Å². The van der Waals surface area contributed by atoms with E-state index in [4.69, 9.17) is 34.2 Å². The Kier molecular flexibility index (Phi) is 11.4. The number of nitrogens with two attached hydrogens (primary N) is 1. The first-order chi connectivity index (χ1) is 29.9. The number of guanidine groups is 1. The van der Waals surface area contributed by atoms with Gasteiger partial charge in [-0.1, -0.05) is 6.07 Å². The molecule has 4 atom stereocenters. The summed E-state index contributed by atoms with van der Waals surface area (Å²) in [6.45, 7) is 0.653. The zero-order chi connectivity index (χ0) is 43.8. The highest BCUT2D eigenvalue weighted by Gasteiger charge is 2.47. The van der Waals surface area contributed by atoms with Gasteiger partial charge in [0.25, 0.3) is 5.91 Å². The van der Waals surface area contributed by atoms with Crippen LogP contribution in [0.25, 0.3) is 0 Å². The molecule has 0 fully saturated rings. The van der Waals surface area contributed by atoms with Crippen molar-refractivity contribution in [2.45, 2.75) is 56.6 Å². The first kappa shape index (κ1) is 41.5. The summed E-state index contributed by atoms with van der Waals surface area (Å²) in [5.74, 6) is -0.724. The minimum absolute atomic E-state index is 0.0332. The zero-order valence-electron chi connectivity index (χ0n) is 34.1. The Morgan fingerprint density at radius 2 is 1.81 bits per heavy atom. The number of aliphatic carboxylic acids is 1. The smallest absolute Gasteiger partial charge is 0.343 e. The second-order valence-electron chi connectivity index (χ2n) is 14.9. The molecule has 0 aliphatic carbocycles. The number of carbonyl (C=O) groups is 4. The number of aromatic nitrogens is 2. The lowest BCUT2D eigenvalue weighted by molar-refractivity contribution is -0.139. The van der Waals surface area contributed by atoms with Gasteiger partial charge in [-0.3, -0.25) is 14.5 Å². The van der Waals surface area contributed by atoms with E-state index in [-0.39, 0.29) is 66.9 Å². The molecule has 4 aliphatic rings. The number of cyclic esters (lactones) is 1. The number of ether oxygens (including phenoxy) is 6. The molecular weight excluding hydrogens is 809 g/mol. The standard InChI is InChI=1S/C42H44N8O12/c1-50-14-13-23-25(33-36(61-18-60-33)35(59-4)28(23)31(50)32-24-10-12-27(57-2)34(58-3)29(24)41(56)62-32)15-22(51)9-11-26(40(54)55)47-38(52)19-5-7-20(8-6-19)44-16-21-17-45-37-30(46-21)39(53)49-42(43)48-37/h5-8,10,12,17,26,31-32,39,44,53H,9,11,13-16,18H2,1-4H3,(H,47,52)(H,54,55)(H3,43,45,48,49). The minimum Gasteiger partial charge on any atom is -0.493 e. The van der Waals surface area contributed by atoms with Crippen molar-refractivity contribution in [1.82, 2.24) is 20.2 Å². The van der Waals surface area contributed by atoms with Crippen LogP contribution in [0.2, 0.25) is 0 Å². The van der Waals surface area contributed by atoms with Crippen molar-refractivity contribution in [3.63, 3.8) is 0 Å². The van der Waals surface area contributed by atoms with Gasteiger partial charge in [0.15, 0.2) is 41.0 Å². The molecule has 324 valence electrons. The molecule has 5 heterocycles.